The summed E-state index contributed by atoms with van der Waals surface area (Å²) < 4.78 is 30.4. The van der Waals surface area contributed by atoms with Gasteiger partial charge in [0, 0.05) is 28.7 Å². The van der Waals surface area contributed by atoms with Gasteiger partial charge in [-0.2, -0.15) is 8.78 Å². The number of fused-ring (bicyclic) bond motifs is 2. The zero-order chi connectivity index (χ0) is 15.9. The predicted molar refractivity (Wildman–Crippen MR) is 78.9 cm³/mol. The zero-order valence-electron chi connectivity index (χ0n) is 11.7. The number of ether oxygens (including phenoxy) is 1. The van der Waals surface area contributed by atoms with Gasteiger partial charge in [-0.3, -0.25) is 9.69 Å². The third-order valence-corrected chi connectivity index (χ3v) is 5.08. The number of halogens is 3. The monoisotopic (exact) mass is 375 g/mol. The summed E-state index contributed by atoms with van der Waals surface area (Å²) in [6.07, 6.45) is 2.45. The van der Waals surface area contributed by atoms with Crippen LogP contribution >= 0.6 is 15.9 Å². The molecule has 7 heteroatoms. The molecule has 2 aliphatic rings. The Morgan fingerprint density at radius 1 is 1.45 bits per heavy atom. The molecule has 2 fully saturated rings. The molecule has 3 rings (SSSR count). The van der Waals surface area contributed by atoms with Gasteiger partial charge in [0.05, 0.1) is 5.92 Å². The van der Waals surface area contributed by atoms with Crippen LogP contribution in [0, 0.1) is 5.92 Å². The Labute approximate surface area is 135 Å². The first-order valence-corrected chi connectivity index (χ1v) is 7.97. The highest BCUT2D eigenvalue weighted by Crippen LogP contribution is 2.43. The Balaban J connectivity index is 1.81. The second kappa shape index (κ2) is 6.12. The van der Waals surface area contributed by atoms with Gasteiger partial charge < -0.3 is 9.84 Å². The molecule has 0 aromatic heterocycles. The topological polar surface area (TPSA) is 49.8 Å². The highest BCUT2D eigenvalue weighted by molar-refractivity contribution is 9.10. The van der Waals surface area contributed by atoms with Gasteiger partial charge in [0.1, 0.15) is 5.75 Å². The highest BCUT2D eigenvalue weighted by atomic mass is 79.9. The van der Waals surface area contributed by atoms with Gasteiger partial charge in [0.15, 0.2) is 0 Å². The minimum absolute atomic E-state index is 0.0131. The highest BCUT2D eigenvalue weighted by Gasteiger charge is 2.49. The van der Waals surface area contributed by atoms with Crippen molar-refractivity contribution in [2.45, 2.75) is 44.5 Å². The summed E-state index contributed by atoms with van der Waals surface area (Å²) in [7, 11) is 0. The molecule has 2 heterocycles. The van der Waals surface area contributed by atoms with Crippen molar-refractivity contribution in [1.29, 1.82) is 0 Å². The standard InChI is InChI=1S/C15H16BrF2NO3/c16-9-1-4-13(22-15(17)18)8(5-9)7-19-10-2-3-12(19)11(6-10)14(20)21/h1,4-5,10-12,15H,2-3,6-7H2,(H,20,21). The number of rotatable bonds is 5. The van der Waals surface area contributed by atoms with E-state index in [9.17, 15) is 18.7 Å². The minimum Gasteiger partial charge on any atom is -0.481 e. The number of alkyl halides is 2. The number of carbonyl (C=O) groups is 1. The van der Waals surface area contributed by atoms with Crippen LogP contribution in [0.1, 0.15) is 24.8 Å². The molecule has 0 spiro atoms. The average molecular weight is 376 g/mol. The maximum atomic E-state index is 12.5. The molecule has 4 nitrogen and oxygen atoms in total. The van der Waals surface area contributed by atoms with E-state index < -0.39 is 12.6 Å². The lowest BCUT2D eigenvalue weighted by Gasteiger charge is -2.24. The maximum absolute atomic E-state index is 12.5. The fourth-order valence-electron chi connectivity index (χ4n) is 3.69. The van der Waals surface area contributed by atoms with Crippen LogP contribution in [0.3, 0.4) is 0 Å². The normalized spacial score (nSPS) is 27.5. The first-order chi connectivity index (χ1) is 10.5. The molecule has 0 amide bonds. The second-order valence-electron chi connectivity index (χ2n) is 5.78. The van der Waals surface area contributed by atoms with Crippen LogP contribution < -0.4 is 4.74 Å². The van der Waals surface area contributed by atoms with Crippen molar-refractivity contribution in [3.8, 4) is 5.75 Å². The molecule has 22 heavy (non-hydrogen) atoms. The lowest BCUT2D eigenvalue weighted by molar-refractivity contribution is -0.142. The summed E-state index contributed by atoms with van der Waals surface area (Å²) >= 11 is 3.34. The number of carboxylic acids is 1. The fraction of sp³-hybridized carbons (Fsp3) is 0.533. The van der Waals surface area contributed by atoms with Crippen LogP contribution in [0.15, 0.2) is 22.7 Å². The van der Waals surface area contributed by atoms with Crippen LogP contribution in [-0.2, 0) is 11.3 Å². The van der Waals surface area contributed by atoms with Gasteiger partial charge in [0.2, 0.25) is 0 Å². The van der Waals surface area contributed by atoms with E-state index in [0.29, 0.717) is 18.5 Å². The van der Waals surface area contributed by atoms with Crippen molar-refractivity contribution in [1.82, 2.24) is 4.90 Å². The third kappa shape index (κ3) is 2.96. The lowest BCUT2D eigenvalue weighted by atomic mass is 9.89. The maximum Gasteiger partial charge on any atom is 0.387 e. The van der Waals surface area contributed by atoms with E-state index in [1.165, 1.54) is 6.07 Å². The Morgan fingerprint density at radius 2 is 2.23 bits per heavy atom. The second-order valence-corrected chi connectivity index (χ2v) is 6.70. The van der Waals surface area contributed by atoms with Crippen molar-refractivity contribution >= 4 is 21.9 Å². The molecular weight excluding hydrogens is 360 g/mol. The van der Waals surface area contributed by atoms with Crippen LogP contribution in [0.5, 0.6) is 5.75 Å². The van der Waals surface area contributed by atoms with Gasteiger partial charge in [-0.05, 0) is 37.5 Å². The largest absolute Gasteiger partial charge is 0.481 e. The molecule has 3 atom stereocenters. The Hall–Kier alpha value is -1.21. The molecule has 2 saturated heterocycles. The Bertz CT molecular complexity index is 584. The number of benzene rings is 1. The lowest BCUT2D eigenvalue weighted by Crippen LogP contribution is -2.32. The van der Waals surface area contributed by atoms with Gasteiger partial charge >= 0.3 is 12.6 Å². The first kappa shape index (κ1) is 15.7. The van der Waals surface area contributed by atoms with Gasteiger partial charge in [-0.1, -0.05) is 15.9 Å². The summed E-state index contributed by atoms with van der Waals surface area (Å²) in [5, 5.41) is 9.28. The Morgan fingerprint density at radius 3 is 2.86 bits per heavy atom. The summed E-state index contributed by atoms with van der Waals surface area (Å²) in [6, 6.07) is 5.12. The summed E-state index contributed by atoms with van der Waals surface area (Å²) in [6.45, 7) is -2.44. The fourth-order valence-corrected chi connectivity index (χ4v) is 4.10. The number of carboxylic acid groups (broad SMARTS) is 1. The number of nitrogens with zero attached hydrogens (tertiary/aromatic N) is 1. The van der Waals surface area contributed by atoms with Crippen molar-refractivity contribution in [2.75, 3.05) is 0 Å². The molecule has 1 N–H and O–H groups in total. The summed E-state index contributed by atoms with van der Waals surface area (Å²) in [5.74, 6) is -0.975. The number of hydrogen-bond acceptors (Lipinski definition) is 3. The van der Waals surface area contributed by atoms with Crippen LogP contribution in [0.4, 0.5) is 8.78 Å². The smallest absolute Gasteiger partial charge is 0.387 e. The van der Waals surface area contributed by atoms with E-state index in [2.05, 4.69) is 25.6 Å². The first-order valence-electron chi connectivity index (χ1n) is 7.17. The molecular formula is C15H16BrF2NO3. The molecule has 1 aromatic rings. The molecule has 0 aliphatic carbocycles. The van der Waals surface area contributed by atoms with Crippen LogP contribution in [0.25, 0.3) is 0 Å². The zero-order valence-corrected chi connectivity index (χ0v) is 13.3. The van der Waals surface area contributed by atoms with Crippen LogP contribution in [-0.4, -0.2) is 34.7 Å². The van der Waals surface area contributed by atoms with E-state index in [0.717, 1.165) is 17.3 Å². The van der Waals surface area contributed by atoms with E-state index in [1.54, 1.807) is 12.1 Å². The number of aliphatic carboxylic acids is 1. The minimum atomic E-state index is -2.87. The molecule has 2 bridgehead atoms. The quantitative estimate of drug-likeness (QED) is 0.855. The van der Waals surface area contributed by atoms with E-state index in [4.69, 9.17) is 0 Å². The Kier molecular flexibility index (Phi) is 4.36. The van der Waals surface area contributed by atoms with Crippen molar-refractivity contribution in [3.05, 3.63) is 28.2 Å². The number of hydrogen-bond donors (Lipinski definition) is 1. The van der Waals surface area contributed by atoms with Crippen molar-refractivity contribution < 1.29 is 23.4 Å². The predicted octanol–water partition coefficient (Wildman–Crippen LogP) is 3.49. The molecule has 0 saturated carbocycles. The van der Waals surface area contributed by atoms with Gasteiger partial charge in [-0.15, -0.1) is 0 Å². The van der Waals surface area contributed by atoms with E-state index >= 15 is 0 Å². The van der Waals surface area contributed by atoms with Gasteiger partial charge in [0.25, 0.3) is 0 Å². The summed E-state index contributed by atoms with van der Waals surface area (Å²) in [5.41, 5.74) is 0.651. The molecule has 120 valence electrons. The summed E-state index contributed by atoms with van der Waals surface area (Å²) in [4.78, 5) is 13.4. The SMILES string of the molecule is O=C(O)C1CC2CCC1N2Cc1cc(Br)ccc1OC(F)F. The van der Waals surface area contributed by atoms with E-state index in [-0.39, 0.29) is 23.8 Å². The van der Waals surface area contributed by atoms with Crippen molar-refractivity contribution in [3.63, 3.8) is 0 Å². The molecule has 3 unspecified atom stereocenters. The van der Waals surface area contributed by atoms with E-state index in [1.807, 2.05) is 0 Å². The van der Waals surface area contributed by atoms with Crippen LogP contribution in [0.2, 0.25) is 0 Å². The van der Waals surface area contributed by atoms with Gasteiger partial charge in [-0.25, -0.2) is 0 Å². The average Bonchev–Trinajstić information content (AvgIpc) is 2.98. The molecule has 2 aliphatic heterocycles. The molecule has 0 radical (unpaired) electrons. The van der Waals surface area contributed by atoms with Crippen molar-refractivity contribution in [2.24, 2.45) is 5.92 Å². The third-order valence-electron chi connectivity index (χ3n) is 4.59. The molecule has 1 aromatic carbocycles.